The maximum absolute atomic E-state index is 8.68. The van der Waals surface area contributed by atoms with Crippen LogP contribution in [0.15, 0.2) is 5.16 Å². The number of hydrogen-bond donors (Lipinski definition) is 2. The van der Waals surface area contributed by atoms with Gasteiger partial charge in [-0.05, 0) is 46.8 Å². The van der Waals surface area contributed by atoms with Gasteiger partial charge in [0, 0.05) is 24.5 Å². The molecule has 3 N–H and O–H groups in total. The molecule has 106 valence electrons. The summed E-state index contributed by atoms with van der Waals surface area (Å²) < 4.78 is 0. The van der Waals surface area contributed by atoms with Gasteiger partial charge in [-0.1, -0.05) is 12.1 Å². The van der Waals surface area contributed by atoms with Gasteiger partial charge in [0.15, 0.2) is 0 Å². The second-order valence-electron chi connectivity index (χ2n) is 5.74. The Kier molecular flexibility index (Phi) is 5.41. The molecule has 0 saturated heterocycles. The molecule has 5 heteroatoms. The second-order valence-corrected chi connectivity index (χ2v) is 5.74. The van der Waals surface area contributed by atoms with Crippen LogP contribution >= 0.6 is 0 Å². The minimum atomic E-state index is 0.321. The summed E-state index contributed by atoms with van der Waals surface area (Å²) in [5, 5.41) is 11.8. The minimum absolute atomic E-state index is 0.321. The van der Waals surface area contributed by atoms with Crippen molar-refractivity contribution in [1.29, 1.82) is 0 Å². The third-order valence-electron chi connectivity index (χ3n) is 4.44. The van der Waals surface area contributed by atoms with Crippen LogP contribution in [0.25, 0.3) is 0 Å². The van der Waals surface area contributed by atoms with Gasteiger partial charge in [-0.3, -0.25) is 0 Å². The zero-order valence-electron chi connectivity index (χ0n) is 12.2. The highest BCUT2D eigenvalue weighted by Gasteiger charge is 2.40. The van der Waals surface area contributed by atoms with Crippen LogP contribution in [0.5, 0.6) is 0 Å². The van der Waals surface area contributed by atoms with Crippen molar-refractivity contribution in [2.75, 3.05) is 27.7 Å². The summed E-state index contributed by atoms with van der Waals surface area (Å²) in [7, 11) is 6.47. The lowest BCUT2D eigenvalue weighted by atomic mass is 9.75. The first kappa shape index (κ1) is 15.2. The lowest BCUT2D eigenvalue weighted by Gasteiger charge is -2.50. The molecule has 1 rings (SSSR count). The van der Waals surface area contributed by atoms with Crippen molar-refractivity contribution in [2.24, 2.45) is 10.9 Å². The van der Waals surface area contributed by atoms with Gasteiger partial charge >= 0.3 is 0 Å². The molecular formula is C13H28N4O. The molecule has 0 bridgehead atoms. The Morgan fingerprint density at radius 3 is 2.33 bits per heavy atom. The van der Waals surface area contributed by atoms with Gasteiger partial charge in [0.2, 0.25) is 0 Å². The number of rotatable bonds is 7. The zero-order valence-corrected chi connectivity index (χ0v) is 12.2. The topological polar surface area (TPSA) is 65.1 Å². The van der Waals surface area contributed by atoms with E-state index < -0.39 is 0 Å². The van der Waals surface area contributed by atoms with Crippen LogP contribution < -0.4 is 5.73 Å². The Bertz CT molecular complexity index is 287. The Morgan fingerprint density at radius 1 is 1.39 bits per heavy atom. The third kappa shape index (κ3) is 3.36. The van der Waals surface area contributed by atoms with Gasteiger partial charge in [-0.25, -0.2) is 0 Å². The largest absolute Gasteiger partial charge is 0.409 e. The van der Waals surface area contributed by atoms with Crippen LogP contribution in [0.4, 0.5) is 0 Å². The number of hydrogen-bond acceptors (Lipinski definition) is 4. The molecule has 1 saturated carbocycles. The molecule has 0 aliphatic heterocycles. The summed E-state index contributed by atoms with van der Waals surface area (Å²) in [5.41, 5.74) is 5.95. The van der Waals surface area contributed by atoms with Gasteiger partial charge in [0.05, 0.1) is 0 Å². The maximum atomic E-state index is 8.68. The van der Waals surface area contributed by atoms with E-state index in [9.17, 15) is 0 Å². The predicted molar refractivity (Wildman–Crippen MR) is 75.0 cm³/mol. The standard InChI is InChI=1S/C13H28N4O/c1-5-11(9-12(14)15-18)17(4)10-13(16(2)3)7-6-8-13/h11,18H,5-10H2,1-4H3,(H2,14,15). The van der Waals surface area contributed by atoms with Crippen molar-refractivity contribution in [3.05, 3.63) is 0 Å². The molecule has 0 heterocycles. The molecule has 5 nitrogen and oxygen atoms in total. The van der Waals surface area contributed by atoms with Gasteiger partial charge in [0.1, 0.15) is 5.84 Å². The quantitative estimate of drug-likeness (QED) is 0.312. The van der Waals surface area contributed by atoms with E-state index in [1.807, 2.05) is 0 Å². The summed E-state index contributed by atoms with van der Waals surface area (Å²) in [4.78, 5) is 4.71. The Hall–Kier alpha value is -0.810. The first-order chi connectivity index (χ1) is 8.45. The van der Waals surface area contributed by atoms with E-state index in [0.717, 1.165) is 13.0 Å². The van der Waals surface area contributed by atoms with Crippen molar-refractivity contribution >= 4 is 5.84 Å². The van der Waals surface area contributed by atoms with Crippen LogP contribution in [0.3, 0.4) is 0 Å². The molecule has 1 fully saturated rings. The normalized spacial score (nSPS) is 21.1. The predicted octanol–water partition coefficient (Wildman–Crippen LogP) is 1.32. The first-order valence-electron chi connectivity index (χ1n) is 6.79. The van der Waals surface area contributed by atoms with E-state index in [1.165, 1.54) is 19.3 Å². The molecule has 0 amide bonds. The number of amidine groups is 1. The average Bonchev–Trinajstić information content (AvgIpc) is 2.29. The van der Waals surface area contributed by atoms with Gasteiger partial charge < -0.3 is 20.7 Å². The Balaban J connectivity index is 2.59. The van der Waals surface area contributed by atoms with Crippen LogP contribution in [-0.2, 0) is 0 Å². The molecule has 1 aliphatic carbocycles. The number of nitrogens with two attached hydrogens (primary N) is 1. The van der Waals surface area contributed by atoms with Crippen molar-refractivity contribution in [1.82, 2.24) is 9.80 Å². The molecule has 0 aromatic rings. The number of likely N-dealkylation sites (N-methyl/N-ethyl adjacent to an activating group) is 2. The van der Waals surface area contributed by atoms with Gasteiger partial charge in [0.25, 0.3) is 0 Å². The number of oxime groups is 1. The van der Waals surface area contributed by atoms with Crippen molar-refractivity contribution in [2.45, 2.75) is 50.6 Å². The molecule has 0 aromatic carbocycles. The molecule has 1 unspecified atom stereocenters. The summed E-state index contributed by atoms with van der Waals surface area (Å²) in [6, 6.07) is 0.346. The maximum Gasteiger partial charge on any atom is 0.140 e. The number of nitrogens with zero attached hydrogens (tertiary/aromatic N) is 3. The highest BCUT2D eigenvalue weighted by atomic mass is 16.4. The molecule has 0 aromatic heterocycles. The highest BCUT2D eigenvalue weighted by Crippen LogP contribution is 2.37. The summed E-state index contributed by atoms with van der Waals surface area (Å²) in [5.74, 6) is 0.321. The molecule has 18 heavy (non-hydrogen) atoms. The lowest BCUT2D eigenvalue weighted by molar-refractivity contribution is 0.0163. The summed E-state index contributed by atoms with van der Waals surface area (Å²) >= 11 is 0. The zero-order chi connectivity index (χ0) is 13.8. The van der Waals surface area contributed by atoms with Crippen LogP contribution in [0, 0.1) is 0 Å². The van der Waals surface area contributed by atoms with Crippen LogP contribution in [-0.4, -0.2) is 60.1 Å². The van der Waals surface area contributed by atoms with Crippen molar-refractivity contribution in [3.8, 4) is 0 Å². The molecule has 1 aliphatic rings. The lowest BCUT2D eigenvalue weighted by Crippen LogP contribution is -2.58. The summed E-state index contributed by atoms with van der Waals surface area (Å²) in [6.07, 6.45) is 5.50. The molecule has 1 atom stereocenters. The third-order valence-corrected chi connectivity index (χ3v) is 4.44. The Morgan fingerprint density at radius 2 is 2.00 bits per heavy atom. The van der Waals surface area contributed by atoms with Crippen LogP contribution in [0.2, 0.25) is 0 Å². The van der Waals surface area contributed by atoms with E-state index in [4.69, 9.17) is 10.9 Å². The van der Waals surface area contributed by atoms with E-state index in [1.54, 1.807) is 0 Å². The fourth-order valence-corrected chi connectivity index (χ4v) is 2.82. The smallest absolute Gasteiger partial charge is 0.140 e. The van der Waals surface area contributed by atoms with Crippen molar-refractivity contribution in [3.63, 3.8) is 0 Å². The van der Waals surface area contributed by atoms with Gasteiger partial charge in [-0.15, -0.1) is 0 Å². The Labute approximate surface area is 111 Å². The monoisotopic (exact) mass is 256 g/mol. The molecule has 0 spiro atoms. The van der Waals surface area contributed by atoms with E-state index in [2.05, 4.69) is 43.0 Å². The molecule has 0 radical (unpaired) electrons. The average molecular weight is 256 g/mol. The van der Waals surface area contributed by atoms with E-state index in [-0.39, 0.29) is 0 Å². The second kappa shape index (κ2) is 6.38. The minimum Gasteiger partial charge on any atom is -0.409 e. The SMILES string of the molecule is CCC(CC(N)=NO)N(C)CC1(N(C)C)CCC1. The van der Waals surface area contributed by atoms with Crippen molar-refractivity contribution < 1.29 is 5.21 Å². The highest BCUT2D eigenvalue weighted by molar-refractivity contribution is 5.80. The van der Waals surface area contributed by atoms with Crippen LogP contribution in [0.1, 0.15) is 39.0 Å². The van der Waals surface area contributed by atoms with Gasteiger partial charge in [-0.2, -0.15) is 0 Å². The molecular weight excluding hydrogens is 228 g/mol. The van der Waals surface area contributed by atoms with E-state index >= 15 is 0 Å². The summed E-state index contributed by atoms with van der Waals surface area (Å²) in [6.45, 7) is 3.20. The fraction of sp³-hybridized carbons (Fsp3) is 0.923. The fourth-order valence-electron chi connectivity index (χ4n) is 2.82. The van der Waals surface area contributed by atoms with E-state index in [0.29, 0.717) is 23.8 Å². The first-order valence-corrected chi connectivity index (χ1v) is 6.79.